The predicted molar refractivity (Wildman–Crippen MR) is 109 cm³/mol. The van der Waals surface area contributed by atoms with Crippen molar-refractivity contribution in [2.75, 3.05) is 11.5 Å². The second kappa shape index (κ2) is 7.82. The van der Waals surface area contributed by atoms with Crippen molar-refractivity contribution >= 4 is 28.5 Å². The zero-order chi connectivity index (χ0) is 19.7. The van der Waals surface area contributed by atoms with Crippen molar-refractivity contribution in [1.29, 1.82) is 0 Å². The Balaban J connectivity index is 1.98. The number of thioether (sulfide) groups is 1. The van der Waals surface area contributed by atoms with E-state index in [0.717, 1.165) is 42.9 Å². The average Bonchev–Trinajstić information content (AvgIpc) is 2.78. The van der Waals surface area contributed by atoms with E-state index in [1.54, 1.807) is 23.9 Å². The van der Waals surface area contributed by atoms with Gasteiger partial charge in [-0.15, -0.1) is 11.8 Å². The third kappa shape index (κ3) is 4.65. The normalized spacial score (nSPS) is 25.9. The minimum atomic E-state index is -0.626. The number of hydrogen-bond donors (Lipinski definition) is 1. The van der Waals surface area contributed by atoms with Crippen molar-refractivity contribution in [3.63, 3.8) is 0 Å². The lowest BCUT2D eigenvalue weighted by atomic mass is 9.75. The minimum absolute atomic E-state index is 0.139. The molecule has 1 saturated carbocycles. The fourth-order valence-corrected chi connectivity index (χ4v) is 5.39. The highest BCUT2D eigenvalue weighted by Crippen LogP contribution is 2.49. The van der Waals surface area contributed by atoms with Crippen LogP contribution in [0.3, 0.4) is 0 Å². The molecule has 1 aromatic rings. The molecule has 148 valence electrons. The fraction of sp³-hybridized carbons (Fsp3) is 0.619. The molecule has 1 fully saturated rings. The second-order valence-electron chi connectivity index (χ2n) is 8.54. The standard InChI is InChI=1S/C21H29FN2O2S/c1-20(2,3)26-19(25)12-18-24-21(16-11-15(23)8-9-17(16)22)10-6-4-5-7-14(21)13-27-18/h8-9,11,14H,4-7,10,12-13,23H2,1-3H3/t14-,21-/m0/s1. The first-order valence-corrected chi connectivity index (χ1v) is 10.7. The number of esters is 1. The molecule has 0 amide bonds. The van der Waals surface area contributed by atoms with Crippen molar-refractivity contribution in [2.24, 2.45) is 10.9 Å². The Kier molecular flexibility index (Phi) is 5.84. The number of anilines is 1. The number of ether oxygens (including phenoxy) is 1. The van der Waals surface area contributed by atoms with Gasteiger partial charge >= 0.3 is 5.97 Å². The van der Waals surface area contributed by atoms with E-state index in [9.17, 15) is 9.18 Å². The summed E-state index contributed by atoms with van der Waals surface area (Å²) in [4.78, 5) is 17.3. The summed E-state index contributed by atoms with van der Waals surface area (Å²) in [6.45, 7) is 5.56. The number of carbonyl (C=O) groups is 1. The first-order valence-electron chi connectivity index (χ1n) is 9.68. The van der Waals surface area contributed by atoms with Gasteiger partial charge < -0.3 is 10.5 Å². The Morgan fingerprint density at radius 2 is 2.15 bits per heavy atom. The van der Waals surface area contributed by atoms with Crippen LogP contribution >= 0.6 is 11.8 Å². The van der Waals surface area contributed by atoms with E-state index in [1.165, 1.54) is 6.07 Å². The van der Waals surface area contributed by atoms with E-state index in [1.807, 2.05) is 20.8 Å². The highest BCUT2D eigenvalue weighted by atomic mass is 32.2. The van der Waals surface area contributed by atoms with Crippen LogP contribution in [-0.2, 0) is 15.1 Å². The van der Waals surface area contributed by atoms with Crippen LogP contribution in [0.15, 0.2) is 23.2 Å². The number of hydrogen-bond acceptors (Lipinski definition) is 5. The average molecular weight is 393 g/mol. The molecule has 1 aromatic carbocycles. The smallest absolute Gasteiger partial charge is 0.312 e. The van der Waals surface area contributed by atoms with Gasteiger partial charge in [-0.3, -0.25) is 9.79 Å². The molecule has 0 radical (unpaired) electrons. The van der Waals surface area contributed by atoms with Crippen LogP contribution in [0.4, 0.5) is 10.1 Å². The van der Waals surface area contributed by atoms with Crippen LogP contribution in [-0.4, -0.2) is 22.4 Å². The van der Waals surface area contributed by atoms with Gasteiger partial charge in [0.25, 0.3) is 0 Å². The highest BCUT2D eigenvalue weighted by Gasteiger charge is 2.45. The molecule has 2 aliphatic rings. The summed E-state index contributed by atoms with van der Waals surface area (Å²) in [6, 6.07) is 4.76. The molecule has 0 aromatic heterocycles. The molecule has 0 spiro atoms. The number of rotatable bonds is 3. The third-order valence-electron chi connectivity index (χ3n) is 5.23. The van der Waals surface area contributed by atoms with Gasteiger partial charge in [-0.05, 0) is 57.7 Å². The quantitative estimate of drug-likeness (QED) is 0.577. The number of halogens is 1. The minimum Gasteiger partial charge on any atom is -0.460 e. The second-order valence-corrected chi connectivity index (χ2v) is 9.63. The maximum absolute atomic E-state index is 14.8. The van der Waals surface area contributed by atoms with Gasteiger partial charge in [0, 0.05) is 17.0 Å². The predicted octanol–water partition coefficient (Wildman–Crippen LogP) is 5.06. The maximum Gasteiger partial charge on any atom is 0.312 e. The number of nitrogens with two attached hydrogens (primary N) is 1. The number of benzene rings is 1. The molecular formula is C21H29FN2O2S. The summed E-state index contributed by atoms with van der Waals surface area (Å²) in [6.07, 6.45) is 5.21. The molecule has 1 aliphatic heterocycles. The Hall–Kier alpha value is -1.56. The lowest BCUT2D eigenvalue weighted by molar-refractivity contribution is -0.153. The molecule has 27 heavy (non-hydrogen) atoms. The van der Waals surface area contributed by atoms with Crippen molar-refractivity contribution in [3.8, 4) is 0 Å². The Bertz CT molecular complexity index is 744. The van der Waals surface area contributed by atoms with Crippen LogP contribution in [0, 0.1) is 11.7 Å². The van der Waals surface area contributed by atoms with Gasteiger partial charge in [-0.25, -0.2) is 4.39 Å². The molecule has 2 N–H and O–H groups in total. The molecule has 1 aliphatic carbocycles. The van der Waals surface area contributed by atoms with Crippen molar-refractivity contribution in [2.45, 2.75) is 70.4 Å². The molecule has 1 heterocycles. The molecule has 4 nitrogen and oxygen atoms in total. The van der Waals surface area contributed by atoms with Gasteiger partial charge in [-0.1, -0.05) is 19.3 Å². The first kappa shape index (κ1) is 20.2. The molecule has 0 saturated heterocycles. The SMILES string of the molecule is CC(C)(C)OC(=O)CC1=N[C@@]2(c3cc(N)ccc3F)CCCCC[C@H]2CS1. The first-order chi connectivity index (χ1) is 12.7. The largest absolute Gasteiger partial charge is 0.460 e. The van der Waals surface area contributed by atoms with Gasteiger partial charge in [-0.2, -0.15) is 0 Å². The van der Waals surface area contributed by atoms with Gasteiger partial charge in [0.2, 0.25) is 0 Å². The van der Waals surface area contributed by atoms with Crippen LogP contribution in [0.25, 0.3) is 0 Å². The highest BCUT2D eigenvalue weighted by molar-refractivity contribution is 8.14. The topological polar surface area (TPSA) is 64.7 Å². The molecule has 0 unspecified atom stereocenters. The van der Waals surface area contributed by atoms with Gasteiger partial charge in [0.05, 0.1) is 17.0 Å². The fourth-order valence-electron chi connectivity index (χ4n) is 4.11. The molecule has 0 bridgehead atoms. The van der Waals surface area contributed by atoms with Crippen molar-refractivity contribution in [3.05, 3.63) is 29.6 Å². The number of fused-ring (bicyclic) bond motifs is 1. The molecule has 2 atom stereocenters. The van der Waals surface area contributed by atoms with E-state index in [4.69, 9.17) is 15.5 Å². The number of nitrogen functional groups attached to an aromatic ring is 1. The molecular weight excluding hydrogens is 363 g/mol. The summed E-state index contributed by atoms with van der Waals surface area (Å²) in [5.74, 6) is 0.548. The van der Waals surface area contributed by atoms with Gasteiger partial charge in [0.15, 0.2) is 0 Å². The van der Waals surface area contributed by atoms with E-state index in [0.29, 0.717) is 11.3 Å². The van der Waals surface area contributed by atoms with Crippen LogP contribution in [0.2, 0.25) is 0 Å². The van der Waals surface area contributed by atoms with E-state index in [-0.39, 0.29) is 24.1 Å². The van der Waals surface area contributed by atoms with Crippen LogP contribution < -0.4 is 5.73 Å². The van der Waals surface area contributed by atoms with Gasteiger partial charge in [0.1, 0.15) is 11.4 Å². The lowest BCUT2D eigenvalue weighted by Crippen LogP contribution is -2.39. The summed E-state index contributed by atoms with van der Waals surface area (Å²) >= 11 is 1.61. The Labute approximate surface area is 165 Å². The van der Waals surface area contributed by atoms with E-state index < -0.39 is 11.1 Å². The summed E-state index contributed by atoms with van der Waals surface area (Å²) in [5.41, 5.74) is 5.95. The Morgan fingerprint density at radius 3 is 2.89 bits per heavy atom. The summed E-state index contributed by atoms with van der Waals surface area (Å²) in [7, 11) is 0. The zero-order valence-electron chi connectivity index (χ0n) is 16.4. The number of nitrogens with zero attached hydrogens (tertiary/aromatic N) is 1. The lowest BCUT2D eigenvalue weighted by Gasteiger charge is -2.41. The van der Waals surface area contributed by atoms with Crippen molar-refractivity contribution in [1.82, 2.24) is 0 Å². The summed E-state index contributed by atoms with van der Waals surface area (Å²) in [5, 5.41) is 0.740. The van der Waals surface area contributed by atoms with Crippen molar-refractivity contribution < 1.29 is 13.9 Å². The zero-order valence-corrected chi connectivity index (χ0v) is 17.2. The van der Waals surface area contributed by atoms with Crippen LogP contribution in [0.5, 0.6) is 0 Å². The monoisotopic (exact) mass is 392 g/mol. The van der Waals surface area contributed by atoms with E-state index >= 15 is 0 Å². The van der Waals surface area contributed by atoms with E-state index in [2.05, 4.69) is 0 Å². The third-order valence-corrected chi connectivity index (χ3v) is 6.37. The number of carbonyl (C=O) groups excluding carboxylic acids is 1. The summed E-state index contributed by atoms with van der Waals surface area (Å²) < 4.78 is 20.3. The van der Waals surface area contributed by atoms with Crippen LogP contribution in [0.1, 0.15) is 64.9 Å². The molecule has 3 rings (SSSR count). The maximum atomic E-state index is 14.8. The number of aliphatic imine (C=N–C) groups is 1. The molecule has 6 heteroatoms. The Morgan fingerprint density at radius 1 is 1.37 bits per heavy atom.